The van der Waals surface area contributed by atoms with E-state index in [-0.39, 0.29) is 79.3 Å². The molecule has 2 aliphatic rings. The average Bonchev–Trinajstić information content (AvgIpc) is 3.30. The van der Waals surface area contributed by atoms with Gasteiger partial charge >= 0.3 is 35.5 Å². The van der Waals surface area contributed by atoms with E-state index in [1.54, 1.807) is 43.6 Å². The number of carbonyl (C=O) groups is 1. The van der Waals surface area contributed by atoms with E-state index in [1.165, 1.54) is 61.6 Å². The number of aliphatic hydroxyl groups is 2. The molecule has 4 heterocycles. The Bertz CT molecular complexity index is 2540. The number of anilines is 2. The third-order valence-corrected chi connectivity index (χ3v) is 14.4. The molecule has 2 aromatic carbocycles. The van der Waals surface area contributed by atoms with Crippen LogP contribution in [-0.2, 0) is 42.4 Å². The summed E-state index contributed by atoms with van der Waals surface area (Å²) < 4.78 is 59.7. The summed E-state index contributed by atoms with van der Waals surface area (Å²) in [5.74, 6) is 0.398. The van der Waals surface area contributed by atoms with Crippen LogP contribution in [0.25, 0.3) is 11.4 Å². The zero-order valence-electron chi connectivity index (χ0n) is 41.2. The van der Waals surface area contributed by atoms with Crippen LogP contribution in [0.15, 0.2) is 80.3 Å². The monoisotopic (exact) mass is 979 g/mol. The summed E-state index contributed by atoms with van der Waals surface area (Å²) in [4.78, 5) is 56.3. The van der Waals surface area contributed by atoms with Crippen LogP contribution < -0.4 is 50.5 Å². The summed E-state index contributed by atoms with van der Waals surface area (Å²) in [7, 11) is 3.84. The van der Waals surface area contributed by atoms with Gasteiger partial charge in [0.1, 0.15) is 0 Å². The number of likely N-dealkylation sites (N-methyl/N-ethyl adjacent to an activating group) is 2. The minimum absolute atomic E-state index is 0. The number of hydrogen-bond acceptors (Lipinski definition) is 16. The minimum atomic E-state index is -3.58. The maximum Gasteiger partial charge on any atom is 1.00 e. The topological polar surface area (TPSA) is 224 Å². The third-order valence-electron chi connectivity index (χ3n) is 10.7. The second kappa shape index (κ2) is 27.3. The fourth-order valence-electron chi connectivity index (χ4n) is 6.83. The number of ether oxygens (including phenoxy) is 1. The standard InChI is InChI=1S/C22H31N5O5S.C20H29N5O4S.CH4O.B.Na.H/c1-5-32-20(28)11-6-17-16-27(18-7-9-19(10-8-18)33(30,31)24(2)3)22(29)21(23-17)26-14-12-25(4)13-15-26;1-22(2)30(28,29)18-8-6-17(7-9-18)25-15-16(5-4-14-26)21-19(20(25)27)24-12-10-23(3)11-13-24;1-2;;;/h7-10,16H,5-6,11-15H2,1-4H3;6-9,15,26H,4-5,10-14H2,1-3H3;2H,1H3;;;/q;;;;+1;-1. The van der Waals surface area contributed by atoms with Gasteiger partial charge in [0.05, 0.1) is 34.2 Å². The van der Waals surface area contributed by atoms with E-state index in [9.17, 15) is 36.3 Å². The molecule has 0 unspecified atom stereocenters. The Morgan fingerprint density at radius 3 is 1.36 bits per heavy atom. The van der Waals surface area contributed by atoms with E-state index >= 15 is 0 Å². The SMILES string of the molecule is CCOC(=O)CCc1cn(-c2ccc(S(=O)(=O)N(C)C)cc2)c(=O)c(N2CCN(C)CC2)n1.CN1CCN(c2nc(CCCO)cn(-c3ccc(S(=O)(=O)N(C)C)cc3)c2=O)CC1.CO.[B].[H-].[Na+]. The van der Waals surface area contributed by atoms with Crippen molar-refractivity contribution in [2.24, 2.45) is 0 Å². The van der Waals surface area contributed by atoms with Crippen molar-refractivity contribution in [3.05, 3.63) is 93.0 Å². The second-order valence-corrected chi connectivity index (χ2v) is 20.0. The fraction of sp³-hybridized carbons (Fsp3) is 0.512. The van der Waals surface area contributed by atoms with Gasteiger partial charge in [-0.25, -0.2) is 35.4 Å². The first kappa shape index (κ1) is 59.1. The van der Waals surface area contributed by atoms with Crippen LogP contribution in [0, 0.1) is 0 Å². The Balaban J connectivity index is 0.000000631. The largest absolute Gasteiger partial charge is 1.00 e. The van der Waals surface area contributed by atoms with Crippen LogP contribution in [0.4, 0.5) is 11.6 Å². The maximum atomic E-state index is 13.4. The first-order valence-electron chi connectivity index (χ1n) is 21.3. The Kier molecular flexibility index (Phi) is 24.0. The summed E-state index contributed by atoms with van der Waals surface area (Å²) in [5, 5.41) is 16.2. The van der Waals surface area contributed by atoms with Crippen LogP contribution in [0.1, 0.15) is 32.6 Å². The smallest absolute Gasteiger partial charge is 1.00 e. The molecule has 0 aliphatic carbocycles. The summed E-state index contributed by atoms with van der Waals surface area (Å²) in [6, 6.07) is 12.4. The molecule has 2 aliphatic heterocycles. The molecule has 0 amide bonds. The van der Waals surface area contributed by atoms with Crippen molar-refractivity contribution >= 4 is 46.1 Å². The number of hydrogen-bond donors (Lipinski definition) is 2. The maximum absolute atomic E-state index is 13.4. The van der Waals surface area contributed by atoms with Gasteiger partial charge in [0, 0.05) is 133 Å². The number of sulfonamides is 2. The van der Waals surface area contributed by atoms with E-state index < -0.39 is 20.0 Å². The number of aromatic nitrogens is 4. The Labute approximate surface area is 420 Å². The van der Waals surface area contributed by atoms with Gasteiger partial charge in [0.25, 0.3) is 11.1 Å². The molecule has 0 bridgehead atoms. The molecule has 363 valence electrons. The molecule has 6 rings (SSSR count). The molecule has 2 saturated heterocycles. The van der Waals surface area contributed by atoms with Gasteiger partial charge in [-0.3, -0.25) is 23.5 Å². The van der Waals surface area contributed by atoms with Gasteiger partial charge in [-0.05, 0) is 82.4 Å². The molecule has 2 aromatic heterocycles. The van der Waals surface area contributed by atoms with Crippen molar-refractivity contribution in [3.63, 3.8) is 0 Å². The molecule has 0 spiro atoms. The number of aryl methyl sites for hydroxylation is 2. The van der Waals surface area contributed by atoms with E-state index in [0.29, 0.717) is 86.4 Å². The van der Waals surface area contributed by atoms with Gasteiger partial charge < -0.3 is 36.0 Å². The van der Waals surface area contributed by atoms with E-state index in [2.05, 4.69) is 19.8 Å². The molecule has 2 N–H and O–H groups in total. The van der Waals surface area contributed by atoms with Crippen molar-refractivity contribution < 1.29 is 67.6 Å². The molecular weight excluding hydrogens is 914 g/mol. The number of nitrogens with zero attached hydrogens (tertiary/aromatic N) is 10. The number of aliphatic hydroxyl groups excluding tert-OH is 2. The first-order valence-corrected chi connectivity index (χ1v) is 24.1. The summed E-state index contributed by atoms with van der Waals surface area (Å²) in [5.41, 5.74) is 1.86. The summed E-state index contributed by atoms with van der Waals surface area (Å²) >= 11 is 0. The molecule has 4 aromatic rings. The van der Waals surface area contributed by atoms with Crippen molar-refractivity contribution in [2.75, 3.05) is 125 Å². The predicted molar refractivity (Wildman–Crippen MR) is 256 cm³/mol. The zero-order valence-corrected chi connectivity index (χ0v) is 43.8. The Morgan fingerprint density at radius 2 is 1.03 bits per heavy atom. The summed E-state index contributed by atoms with van der Waals surface area (Å²) in [6.07, 6.45) is 4.86. The molecule has 67 heavy (non-hydrogen) atoms. The molecule has 3 radical (unpaired) electrons. The number of rotatable bonds is 15. The van der Waals surface area contributed by atoms with Crippen molar-refractivity contribution in [1.82, 2.24) is 37.5 Å². The van der Waals surface area contributed by atoms with Gasteiger partial charge in [0.2, 0.25) is 20.0 Å². The van der Waals surface area contributed by atoms with E-state index in [0.717, 1.165) is 41.9 Å². The molecule has 0 atom stereocenters. The Hall–Kier alpha value is -4.01. The van der Waals surface area contributed by atoms with Crippen molar-refractivity contribution in [1.29, 1.82) is 0 Å². The van der Waals surface area contributed by atoms with Crippen LogP contribution >= 0.6 is 0 Å². The third kappa shape index (κ3) is 15.5. The second-order valence-electron chi connectivity index (χ2n) is 15.7. The summed E-state index contributed by atoms with van der Waals surface area (Å²) in [6.45, 7) is 8.17. The fourth-order valence-corrected chi connectivity index (χ4v) is 8.63. The number of carbonyl (C=O) groups excluding carboxylic acids is 1. The predicted octanol–water partition coefficient (Wildman–Crippen LogP) is -2.77. The normalized spacial score (nSPS) is 14.6. The van der Waals surface area contributed by atoms with Crippen LogP contribution in [0.2, 0.25) is 0 Å². The van der Waals surface area contributed by atoms with Crippen molar-refractivity contribution in [2.45, 2.75) is 42.4 Å². The van der Waals surface area contributed by atoms with E-state index in [1.807, 2.05) is 23.9 Å². The van der Waals surface area contributed by atoms with Gasteiger partial charge in [-0.2, -0.15) is 0 Å². The van der Waals surface area contributed by atoms with Crippen LogP contribution in [-0.4, -0.2) is 194 Å². The minimum Gasteiger partial charge on any atom is -1.00 e. The number of piperazine rings is 2. The van der Waals surface area contributed by atoms with Crippen LogP contribution in [0.3, 0.4) is 0 Å². The van der Waals surface area contributed by atoms with Gasteiger partial charge in [-0.15, -0.1) is 0 Å². The Morgan fingerprint density at radius 1 is 0.672 bits per heavy atom. The average molecular weight is 980 g/mol. The first-order chi connectivity index (χ1) is 30.9. The number of benzene rings is 2. The van der Waals surface area contributed by atoms with Gasteiger partial charge in [-0.1, -0.05) is 0 Å². The quantitative estimate of drug-likeness (QED) is 0.0910. The zero-order chi connectivity index (χ0) is 48.1. The molecule has 2 fully saturated rings. The van der Waals surface area contributed by atoms with E-state index in [4.69, 9.17) is 9.84 Å². The molecule has 0 saturated carbocycles. The van der Waals surface area contributed by atoms with Gasteiger partial charge in [0.15, 0.2) is 11.6 Å². The van der Waals surface area contributed by atoms with Crippen molar-refractivity contribution in [3.8, 4) is 11.4 Å². The molecule has 24 heteroatoms. The number of esters is 1. The molecule has 20 nitrogen and oxygen atoms in total. The van der Waals surface area contributed by atoms with Crippen LogP contribution in [0.5, 0.6) is 0 Å². The molecular formula is C43H65BN10NaO10S2.